The summed E-state index contributed by atoms with van der Waals surface area (Å²) in [5.41, 5.74) is 0. The lowest BCUT2D eigenvalue weighted by atomic mass is 10.2. The summed E-state index contributed by atoms with van der Waals surface area (Å²) in [6, 6.07) is 0. The molecule has 0 bridgehead atoms. The summed E-state index contributed by atoms with van der Waals surface area (Å²) in [6.07, 6.45) is 1.39. The Kier molecular flexibility index (Phi) is 3.47. The van der Waals surface area contributed by atoms with Crippen LogP contribution >= 0.6 is 23.1 Å². The third kappa shape index (κ3) is 2.70. The van der Waals surface area contributed by atoms with E-state index in [0.717, 1.165) is 28.9 Å². The Hall–Kier alpha value is -0.260. The number of anilines is 1. The van der Waals surface area contributed by atoms with Gasteiger partial charge < -0.3 is 10.0 Å². The van der Waals surface area contributed by atoms with Crippen molar-refractivity contribution >= 4 is 28.2 Å². The lowest BCUT2D eigenvalue weighted by Gasteiger charge is -2.37. The second kappa shape index (κ2) is 4.55. The predicted octanol–water partition coefficient (Wildman–Crippen LogP) is 2.53. The van der Waals surface area contributed by atoms with Crippen molar-refractivity contribution in [1.29, 1.82) is 0 Å². The molecular formula is C11H18N2OS2. The molecule has 1 aromatic heterocycles. The molecule has 1 aliphatic rings. The van der Waals surface area contributed by atoms with E-state index in [-0.39, 0.29) is 0 Å². The van der Waals surface area contributed by atoms with Gasteiger partial charge in [-0.3, -0.25) is 0 Å². The first-order chi connectivity index (χ1) is 7.48. The van der Waals surface area contributed by atoms with Crippen LogP contribution in [0.2, 0.25) is 0 Å². The zero-order chi connectivity index (χ0) is 11.8. The summed E-state index contributed by atoms with van der Waals surface area (Å²) in [4.78, 5) is 7.68. The van der Waals surface area contributed by atoms with Crippen LogP contribution in [-0.4, -0.2) is 33.7 Å². The fourth-order valence-electron chi connectivity index (χ4n) is 1.80. The van der Waals surface area contributed by atoms with Crippen molar-refractivity contribution in [2.45, 2.75) is 31.6 Å². The average Bonchev–Trinajstić information content (AvgIpc) is 2.64. The van der Waals surface area contributed by atoms with Gasteiger partial charge in [0.05, 0.1) is 11.0 Å². The molecule has 0 saturated carbocycles. The number of rotatable bonds is 2. The van der Waals surface area contributed by atoms with Gasteiger partial charge in [-0.1, -0.05) is 11.3 Å². The monoisotopic (exact) mass is 258 g/mol. The van der Waals surface area contributed by atoms with E-state index in [1.54, 1.807) is 24.5 Å². The normalized spacial score (nSPS) is 22.1. The molecule has 1 saturated heterocycles. The Balaban J connectivity index is 2.11. The van der Waals surface area contributed by atoms with E-state index in [2.05, 4.69) is 23.7 Å². The Morgan fingerprint density at radius 1 is 1.56 bits per heavy atom. The molecule has 0 spiro atoms. The minimum Gasteiger partial charge on any atom is -0.388 e. The number of thiazole rings is 1. The first-order valence-corrected chi connectivity index (χ1v) is 7.31. The number of hydrogen-bond donors (Lipinski definition) is 1. The van der Waals surface area contributed by atoms with Crippen LogP contribution in [0.4, 0.5) is 5.13 Å². The maximum Gasteiger partial charge on any atom is 0.185 e. The van der Waals surface area contributed by atoms with E-state index < -0.39 is 6.10 Å². The van der Waals surface area contributed by atoms with Crippen molar-refractivity contribution in [2.24, 2.45) is 0 Å². The highest BCUT2D eigenvalue weighted by molar-refractivity contribution is 8.00. The number of nitrogens with zero attached hydrogens (tertiary/aromatic N) is 2. The van der Waals surface area contributed by atoms with E-state index in [9.17, 15) is 5.11 Å². The molecule has 90 valence electrons. The number of hydrogen-bond acceptors (Lipinski definition) is 5. The smallest absolute Gasteiger partial charge is 0.185 e. The molecule has 16 heavy (non-hydrogen) atoms. The minimum absolute atomic E-state index is 0.301. The van der Waals surface area contributed by atoms with Gasteiger partial charge in [0.15, 0.2) is 5.13 Å². The van der Waals surface area contributed by atoms with Crippen molar-refractivity contribution in [1.82, 2.24) is 4.98 Å². The largest absolute Gasteiger partial charge is 0.388 e. The summed E-state index contributed by atoms with van der Waals surface area (Å²) in [6.45, 7) is 8.42. The molecule has 2 rings (SSSR count). The number of aromatic nitrogens is 1. The van der Waals surface area contributed by atoms with Gasteiger partial charge in [-0.15, -0.1) is 0 Å². The Bertz CT molecular complexity index is 363. The second-order valence-corrected chi connectivity index (χ2v) is 7.59. The van der Waals surface area contributed by atoms with Gasteiger partial charge in [0.2, 0.25) is 0 Å². The van der Waals surface area contributed by atoms with Gasteiger partial charge in [-0.2, -0.15) is 11.8 Å². The van der Waals surface area contributed by atoms with E-state index in [0.29, 0.717) is 4.75 Å². The van der Waals surface area contributed by atoms with Gasteiger partial charge in [0.1, 0.15) is 0 Å². The molecular weight excluding hydrogens is 240 g/mol. The van der Waals surface area contributed by atoms with Crippen molar-refractivity contribution in [3.8, 4) is 0 Å². The lowest BCUT2D eigenvalue weighted by Crippen LogP contribution is -2.43. The molecule has 3 nitrogen and oxygen atoms in total. The van der Waals surface area contributed by atoms with Gasteiger partial charge in [-0.05, 0) is 20.8 Å². The van der Waals surface area contributed by atoms with Crippen LogP contribution in [0.25, 0.3) is 0 Å². The highest BCUT2D eigenvalue weighted by atomic mass is 32.2. The Morgan fingerprint density at radius 3 is 2.88 bits per heavy atom. The van der Waals surface area contributed by atoms with E-state index in [1.807, 2.05) is 11.8 Å². The van der Waals surface area contributed by atoms with Crippen molar-refractivity contribution < 1.29 is 5.11 Å². The third-order valence-electron chi connectivity index (χ3n) is 2.62. The topological polar surface area (TPSA) is 36.4 Å². The molecule has 1 fully saturated rings. The quantitative estimate of drug-likeness (QED) is 0.884. The Labute approximate surface area is 105 Å². The summed E-state index contributed by atoms with van der Waals surface area (Å²) in [5, 5.41) is 10.5. The number of aliphatic hydroxyl groups excluding tert-OH is 1. The van der Waals surface area contributed by atoms with Crippen LogP contribution in [0.5, 0.6) is 0 Å². The van der Waals surface area contributed by atoms with Crippen LogP contribution in [-0.2, 0) is 0 Å². The maximum atomic E-state index is 9.49. The molecule has 1 N–H and O–H groups in total. The second-order valence-electron chi connectivity index (χ2n) is 4.75. The molecule has 1 aliphatic heterocycles. The third-order valence-corrected chi connectivity index (χ3v) is 5.14. The zero-order valence-electron chi connectivity index (χ0n) is 9.93. The molecule has 0 amide bonds. The van der Waals surface area contributed by atoms with Crippen molar-refractivity contribution in [3.05, 3.63) is 11.1 Å². The molecule has 2 heterocycles. The summed E-state index contributed by atoms with van der Waals surface area (Å²) >= 11 is 3.62. The first kappa shape index (κ1) is 12.2. The van der Waals surface area contributed by atoms with E-state index in [1.165, 1.54) is 0 Å². The van der Waals surface area contributed by atoms with Crippen LogP contribution in [0.15, 0.2) is 6.20 Å². The summed E-state index contributed by atoms with van der Waals surface area (Å²) < 4.78 is 0.301. The lowest BCUT2D eigenvalue weighted by molar-refractivity contribution is 0.203. The van der Waals surface area contributed by atoms with Gasteiger partial charge in [0.25, 0.3) is 0 Å². The fraction of sp³-hybridized carbons (Fsp3) is 0.727. The summed E-state index contributed by atoms with van der Waals surface area (Å²) in [5.74, 6) is 1.15. The molecule has 0 radical (unpaired) electrons. The number of aliphatic hydroxyl groups is 1. The van der Waals surface area contributed by atoms with Crippen molar-refractivity contribution in [2.75, 3.05) is 23.7 Å². The molecule has 5 heteroatoms. The van der Waals surface area contributed by atoms with Gasteiger partial charge >= 0.3 is 0 Å². The Morgan fingerprint density at radius 2 is 2.31 bits per heavy atom. The van der Waals surface area contributed by atoms with Crippen LogP contribution in [0.3, 0.4) is 0 Å². The van der Waals surface area contributed by atoms with Crippen molar-refractivity contribution in [3.63, 3.8) is 0 Å². The van der Waals surface area contributed by atoms with Gasteiger partial charge in [0, 0.05) is 29.8 Å². The summed E-state index contributed by atoms with van der Waals surface area (Å²) in [7, 11) is 0. The minimum atomic E-state index is -0.404. The first-order valence-electron chi connectivity index (χ1n) is 5.51. The molecule has 1 unspecified atom stereocenters. The van der Waals surface area contributed by atoms with Crippen LogP contribution in [0.1, 0.15) is 31.8 Å². The zero-order valence-corrected chi connectivity index (χ0v) is 11.6. The van der Waals surface area contributed by atoms with Crippen LogP contribution in [0, 0.1) is 0 Å². The molecule has 1 atom stereocenters. The molecule has 0 aliphatic carbocycles. The van der Waals surface area contributed by atoms with Crippen LogP contribution < -0.4 is 4.90 Å². The predicted molar refractivity (Wildman–Crippen MR) is 71.5 cm³/mol. The molecule has 0 aromatic carbocycles. The van der Waals surface area contributed by atoms with E-state index in [4.69, 9.17) is 0 Å². The highest BCUT2D eigenvalue weighted by Crippen LogP contribution is 2.34. The average molecular weight is 258 g/mol. The standard InChI is InChI=1S/C11H18N2OS2/c1-8(14)9-6-12-10(16-9)13-4-5-15-11(2,3)7-13/h6,8,14H,4-5,7H2,1-3H3. The van der Waals surface area contributed by atoms with E-state index >= 15 is 0 Å². The SMILES string of the molecule is CC(O)c1cnc(N2CCSC(C)(C)C2)s1. The molecule has 1 aromatic rings. The number of thioether (sulfide) groups is 1. The maximum absolute atomic E-state index is 9.49. The highest BCUT2D eigenvalue weighted by Gasteiger charge is 2.28. The van der Waals surface area contributed by atoms with Gasteiger partial charge in [-0.25, -0.2) is 4.98 Å². The fourth-order valence-corrected chi connectivity index (χ4v) is 3.78.